The van der Waals surface area contributed by atoms with Gasteiger partial charge in [-0.15, -0.1) is 0 Å². The Labute approximate surface area is 216 Å². The number of halogens is 1. The third kappa shape index (κ3) is 6.30. The molecule has 37 heavy (non-hydrogen) atoms. The summed E-state index contributed by atoms with van der Waals surface area (Å²) in [6.07, 6.45) is 0. The van der Waals surface area contributed by atoms with Crippen LogP contribution >= 0.6 is 0 Å². The van der Waals surface area contributed by atoms with Crippen molar-refractivity contribution < 1.29 is 14.0 Å². The number of carbonyl (C=O) groups excluding carboxylic acids is 2. The average Bonchev–Trinajstić information content (AvgIpc) is 3.26. The van der Waals surface area contributed by atoms with E-state index in [0.717, 1.165) is 22.4 Å². The summed E-state index contributed by atoms with van der Waals surface area (Å²) in [4.78, 5) is 27.8. The molecule has 0 aliphatic rings. The van der Waals surface area contributed by atoms with E-state index in [1.165, 1.54) is 23.1 Å². The maximum Gasteiger partial charge on any atom is 0.254 e. The van der Waals surface area contributed by atoms with E-state index in [9.17, 15) is 14.0 Å². The molecule has 0 saturated heterocycles. The molecule has 4 rings (SSSR count). The lowest BCUT2D eigenvalue weighted by atomic mass is 10.1. The van der Waals surface area contributed by atoms with E-state index in [1.807, 2.05) is 76.2 Å². The number of hydrogen-bond acceptors (Lipinski definition) is 3. The molecule has 0 fully saturated rings. The number of aromatic nitrogens is 2. The second-order valence-electron chi connectivity index (χ2n) is 9.62. The van der Waals surface area contributed by atoms with Crippen molar-refractivity contribution in [1.29, 1.82) is 0 Å². The number of nitrogens with zero attached hydrogens (tertiary/aromatic N) is 3. The number of hydrogen-bond donors (Lipinski definition) is 1. The largest absolute Gasteiger partial charge is 0.329 e. The number of amides is 2. The van der Waals surface area contributed by atoms with Gasteiger partial charge in [0.15, 0.2) is 0 Å². The maximum atomic E-state index is 13.7. The highest BCUT2D eigenvalue weighted by molar-refractivity contribution is 5.99. The van der Waals surface area contributed by atoms with Gasteiger partial charge in [0.05, 0.1) is 11.4 Å². The summed E-state index contributed by atoms with van der Waals surface area (Å²) in [7, 11) is 0. The van der Waals surface area contributed by atoms with Gasteiger partial charge < -0.3 is 10.2 Å². The van der Waals surface area contributed by atoms with Crippen molar-refractivity contribution >= 4 is 17.6 Å². The highest BCUT2D eigenvalue weighted by atomic mass is 19.1. The molecular weight excluding hydrogens is 467 g/mol. The Morgan fingerprint density at radius 2 is 1.73 bits per heavy atom. The summed E-state index contributed by atoms with van der Waals surface area (Å²) in [6, 6.07) is 23.1. The molecule has 4 aromatic rings. The Kier molecular flexibility index (Phi) is 7.82. The predicted octanol–water partition coefficient (Wildman–Crippen LogP) is 6.03. The van der Waals surface area contributed by atoms with Crippen molar-refractivity contribution in [2.45, 2.75) is 27.7 Å². The molecule has 6 nitrogen and oxygen atoms in total. The Morgan fingerprint density at radius 1 is 0.973 bits per heavy atom. The molecule has 2 amide bonds. The predicted molar refractivity (Wildman–Crippen MR) is 144 cm³/mol. The molecular formula is C30H31FN4O2. The van der Waals surface area contributed by atoms with E-state index in [2.05, 4.69) is 11.4 Å². The van der Waals surface area contributed by atoms with Gasteiger partial charge in [-0.3, -0.25) is 9.59 Å². The summed E-state index contributed by atoms with van der Waals surface area (Å²) < 4.78 is 15.5. The van der Waals surface area contributed by atoms with Crippen LogP contribution in [0.2, 0.25) is 0 Å². The quantitative estimate of drug-likeness (QED) is 0.322. The number of benzene rings is 3. The van der Waals surface area contributed by atoms with Crippen LogP contribution in [-0.4, -0.2) is 39.6 Å². The van der Waals surface area contributed by atoms with Crippen molar-refractivity contribution in [3.05, 3.63) is 101 Å². The third-order valence-electron chi connectivity index (χ3n) is 5.91. The Morgan fingerprint density at radius 3 is 2.41 bits per heavy atom. The van der Waals surface area contributed by atoms with E-state index in [4.69, 9.17) is 5.10 Å². The normalized spacial score (nSPS) is 11.0. The van der Waals surface area contributed by atoms with Crippen LogP contribution in [-0.2, 0) is 4.79 Å². The second kappa shape index (κ2) is 11.2. The first-order valence-corrected chi connectivity index (χ1v) is 12.3. The molecule has 0 aliphatic carbocycles. The standard InChI is InChI=1S/C30H31FN4O2/c1-20(2)18-34(30(37)24-11-8-12-25(31)16-24)19-29(36)32-28-17-26(23-9-6-5-7-10-23)33-35(28)27-14-13-21(3)15-22(27)4/h5-17,20H,18-19H2,1-4H3,(H,32,36). The highest BCUT2D eigenvalue weighted by Crippen LogP contribution is 2.26. The highest BCUT2D eigenvalue weighted by Gasteiger charge is 2.22. The lowest BCUT2D eigenvalue weighted by molar-refractivity contribution is -0.117. The third-order valence-corrected chi connectivity index (χ3v) is 5.91. The zero-order valence-electron chi connectivity index (χ0n) is 21.5. The van der Waals surface area contributed by atoms with E-state index < -0.39 is 11.7 Å². The van der Waals surface area contributed by atoms with Crippen molar-refractivity contribution in [1.82, 2.24) is 14.7 Å². The first-order chi connectivity index (χ1) is 17.7. The zero-order chi connectivity index (χ0) is 26.5. The number of carbonyl (C=O) groups is 2. The fraction of sp³-hybridized carbons (Fsp3) is 0.233. The van der Waals surface area contributed by atoms with E-state index >= 15 is 0 Å². The van der Waals surface area contributed by atoms with Crippen LogP contribution < -0.4 is 5.32 Å². The van der Waals surface area contributed by atoms with E-state index in [-0.39, 0.29) is 23.9 Å². The Bertz CT molecular complexity index is 1410. The molecule has 0 aliphatic heterocycles. The Balaban J connectivity index is 1.64. The van der Waals surface area contributed by atoms with Gasteiger partial charge in [0.1, 0.15) is 18.2 Å². The molecule has 0 radical (unpaired) electrons. The van der Waals surface area contributed by atoms with Gasteiger partial charge in [-0.05, 0) is 49.6 Å². The number of nitrogens with one attached hydrogen (secondary N) is 1. The van der Waals surface area contributed by atoms with Gasteiger partial charge >= 0.3 is 0 Å². The topological polar surface area (TPSA) is 67.2 Å². The minimum Gasteiger partial charge on any atom is -0.329 e. The minimum absolute atomic E-state index is 0.121. The lowest BCUT2D eigenvalue weighted by Crippen LogP contribution is -2.40. The van der Waals surface area contributed by atoms with Crippen LogP contribution in [0.15, 0.2) is 78.9 Å². The second-order valence-corrected chi connectivity index (χ2v) is 9.62. The fourth-order valence-electron chi connectivity index (χ4n) is 4.27. The van der Waals surface area contributed by atoms with Gasteiger partial charge in [-0.1, -0.05) is 67.9 Å². The molecule has 1 heterocycles. The summed E-state index contributed by atoms with van der Waals surface area (Å²) in [5, 5.41) is 7.75. The molecule has 1 aromatic heterocycles. The smallest absolute Gasteiger partial charge is 0.254 e. The summed E-state index contributed by atoms with van der Waals surface area (Å²) >= 11 is 0. The minimum atomic E-state index is -0.495. The van der Waals surface area contributed by atoms with Gasteiger partial charge in [0.25, 0.3) is 5.91 Å². The van der Waals surface area contributed by atoms with Crippen molar-refractivity contribution in [3.8, 4) is 16.9 Å². The monoisotopic (exact) mass is 498 g/mol. The molecule has 0 unspecified atom stereocenters. The van der Waals surface area contributed by atoms with Gasteiger partial charge in [-0.2, -0.15) is 5.10 Å². The first kappa shape index (κ1) is 25.8. The molecule has 0 saturated carbocycles. The molecule has 3 aromatic carbocycles. The molecule has 0 spiro atoms. The van der Waals surface area contributed by atoms with E-state index in [1.54, 1.807) is 10.7 Å². The number of rotatable bonds is 8. The SMILES string of the molecule is Cc1ccc(-n2nc(-c3ccccc3)cc2NC(=O)CN(CC(C)C)C(=O)c2cccc(F)c2)c(C)c1. The summed E-state index contributed by atoms with van der Waals surface area (Å²) in [5.74, 6) is -0.632. The van der Waals surface area contributed by atoms with Crippen LogP contribution in [0.4, 0.5) is 10.2 Å². The molecule has 0 atom stereocenters. The van der Waals surface area contributed by atoms with E-state index in [0.29, 0.717) is 18.1 Å². The average molecular weight is 499 g/mol. The van der Waals surface area contributed by atoms with Gasteiger partial charge in [-0.25, -0.2) is 9.07 Å². The summed E-state index contributed by atoms with van der Waals surface area (Å²) in [5.41, 5.74) is 4.83. The number of anilines is 1. The van der Waals surface area contributed by atoms with Crippen molar-refractivity contribution in [3.63, 3.8) is 0 Å². The van der Waals surface area contributed by atoms with Crippen LogP contribution in [0.1, 0.15) is 35.3 Å². The van der Waals surface area contributed by atoms with Crippen LogP contribution in [0.25, 0.3) is 16.9 Å². The lowest BCUT2D eigenvalue weighted by Gasteiger charge is -2.24. The van der Waals surface area contributed by atoms with Crippen molar-refractivity contribution in [2.75, 3.05) is 18.4 Å². The van der Waals surface area contributed by atoms with Crippen LogP contribution in [0.3, 0.4) is 0 Å². The first-order valence-electron chi connectivity index (χ1n) is 12.3. The van der Waals surface area contributed by atoms with Crippen LogP contribution in [0.5, 0.6) is 0 Å². The fourth-order valence-corrected chi connectivity index (χ4v) is 4.27. The molecule has 0 bridgehead atoms. The molecule has 1 N–H and O–H groups in total. The zero-order valence-corrected chi connectivity index (χ0v) is 21.5. The molecule has 7 heteroatoms. The number of aryl methyl sites for hydroxylation is 2. The maximum absolute atomic E-state index is 13.7. The van der Waals surface area contributed by atoms with Gasteiger partial charge in [0.2, 0.25) is 5.91 Å². The molecule has 190 valence electrons. The van der Waals surface area contributed by atoms with Crippen LogP contribution in [0, 0.1) is 25.6 Å². The van der Waals surface area contributed by atoms with Crippen molar-refractivity contribution in [2.24, 2.45) is 5.92 Å². The summed E-state index contributed by atoms with van der Waals surface area (Å²) in [6.45, 7) is 8.13. The van der Waals surface area contributed by atoms with Gasteiger partial charge in [0, 0.05) is 23.7 Å². The Hall–Kier alpha value is -4.26.